The van der Waals surface area contributed by atoms with Crippen molar-refractivity contribution < 1.29 is 0 Å². The van der Waals surface area contributed by atoms with Crippen LogP contribution in [-0.2, 0) is 12.8 Å². The highest BCUT2D eigenvalue weighted by Gasteiger charge is 2.35. The van der Waals surface area contributed by atoms with Gasteiger partial charge in [0.05, 0.1) is 0 Å². The molecule has 0 aliphatic heterocycles. The molecular formula is C32H26N2. The van der Waals surface area contributed by atoms with Crippen molar-refractivity contribution >= 4 is 21.8 Å². The molecule has 2 N–H and O–H groups in total. The van der Waals surface area contributed by atoms with Crippen LogP contribution >= 0.6 is 0 Å². The second kappa shape index (κ2) is 7.78. The quantitative estimate of drug-likeness (QED) is 0.284. The van der Waals surface area contributed by atoms with E-state index in [9.17, 15) is 0 Å². The lowest BCUT2D eigenvalue weighted by Gasteiger charge is -2.19. The van der Waals surface area contributed by atoms with Crippen molar-refractivity contribution in [2.24, 2.45) is 0 Å². The maximum absolute atomic E-state index is 3.88. The van der Waals surface area contributed by atoms with Crippen LogP contribution in [0.1, 0.15) is 45.5 Å². The van der Waals surface area contributed by atoms with Gasteiger partial charge in [0.1, 0.15) is 0 Å². The molecule has 0 bridgehead atoms. The predicted octanol–water partition coefficient (Wildman–Crippen LogP) is 7.71. The number of hydrogen-bond acceptors (Lipinski definition) is 0. The Labute approximate surface area is 199 Å². The Morgan fingerprint density at radius 2 is 1.18 bits per heavy atom. The van der Waals surface area contributed by atoms with E-state index in [-0.39, 0.29) is 11.8 Å². The number of fused-ring (bicyclic) bond motifs is 6. The lowest BCUT2D eigenvalue weighted by molar-refractivity contribution is 0.774. The van der Waals surface area contributed by atoms with Gasteiger partial charge in [0.15, 0.2) is 0 Å². The summed E-state index contributed by atoms with van der Waals surface area (Å²) in [6.45, 7) is 0. The minimum atomic E-state index is 0.254. The normalized spacial score (nSPS) is 17.4. The second-order valence-corrected chi connectivity index (χ2v) is 9.47. The van der Waals surface area contributed by atoms with Gasteiger partial charge in [-0.2, -0.15) is 0 Å². The Bertz CT molecular complexity index is 1610. The maximum Gasteiger partial charge on any atom is 0.0459 e. The monoisotopic (exact) mass is 438 g/mol. The van der Waals surface area contributed by atoms with E-state index in [1.807, 2.05) is 0 Å². The van der Waals surface area contributed by atoms with E-state index in [4.69, 9.17) is 0 Å². The molecule has 2 unspecified atom stereocenters. The van der Waals surface area contributed by atoms with E-state index in [0.717, 1.165) is 12.8 Å². The first-order valence-corrected chi connectivity index (χ1v) is 12.2. The smallest absolute Gasteiger partial charge is 0.0459 e. The van der Waals surface area contributed by atoms with Crippen LogP contribution in [0.2, 0.25) is 0 Å². The topological polar surface area (TPSA) is 31.6 Å². The van der Waals surface area contributed by atoms with Crippen LogP contribution < -0.4 is 0 Å². The average Bonchev–Trinajstić information content (AvgIpc) is 3.42. The van der Waals surface area contributed by atoms with Gasteiger partial charge in [-0.05, 0) is 47.2 Å². The summed E-state index contributed by atoms with van der Waals surface area (Å²) in [7, 11) is 0. The van der Waals surface area contributed by atoms with E-state index in [2.05, 4.69) is 119 Å². The van der Waals surface area contributed by atoms with Crippen molar-refractivity contribution in [1.82, 2.24) is 9.97 Å². The van der Waals surface area contributed by atoms with Gasteiger partial charge in [0.2, 0.25) is 0 Å². The summed E-state index contributed by atoms with van der Waals surface area (Å²) in [6.07, 6.45) is 1.95. The third kappa shape index (κ3) is 3.03. The van der Waals surface area contributed by atoms with Crippen molar-refractivity contribution in [1.29, 1.82) is 0 Å². The standard InChI is InChI=1S/C32H26N2/c1-3-11-21(12-4-1)19-27-30-24-16-8-10-18-29(24)34-32(30)25(22-13-5-2-6-14-22)20-26-23-15-7-9-17-28(23)33-31(26)27/h1-18,25,27,33-34H,19-20H2. The molecule has 0 amide bonds. The van der Waals surface area contributed by atoms with Crippen molar-refractivity contribution in [3.63, 3.8) is 0 Å². The third-order valence-electron chi connectivity index (χ3n) is 7.56. The van der Waals surface area contributed by atoms with Crippen LogP contribution in [0.4, 0.5) is 0 Å². The van der Waals surface area contributed by atoms with Crippen LogP contribution in [-0.4, -0.2) is 9.97 Å². The molecule has 0 radical (unpaired) electrons. The van der Waals surface area contributed by atoms with Gasteiger partial charge in [-0.1, -0.05) is 97.1 Å². The Kier molecular flexibility index (Phi) is 4.44. The number of benzene rings is 4. The molecule has 34 heavy (non-hydrogen) atoms. The second-order valence-electron chi connectivity index (χ2n) is 9.47. The van der Waals surface area contributed by atoms with Gasteiger partial charge >= 0.3 is 0 Å². The fourth-order valence-corrected chi connectivity index (χ4v) is 6.05. The molecule has 1 aliphatic carbocycles. The highest BCUT2D eigenvalue weighted by atomic mass is 14.8. The number of hydrogen-bond donors (Lipinski definition) is 2. The van der Waals surface area contributed by atoms with Gasteiger partial charge in [0, 0.05) is 45.0 Å². The molecule has 7 rings (SSSR count). The van der Waals surface area contributed by atoms with Crippen molar-refractivity contribution in [3.05, 3.63) is 143 Å². The highest BCUT2D eigenvalue weighted by molar-refractivity contribution is 5.89. The number of aromatic nitrogens is 2. The SMILES string of the molecule is c1ccc(CC2c3[nH]c4ccccc4c3CC(c3ccccc3)c3[nH]c4ccccc4c32)cc1. The van der Waals surface area contributed by atoms with E-state index >= 15 is 0 Å². The van der Waals surface area contributed by atoms with Crippen LogP contribution in [0.25, 0.3) is 21.8 Å². The van der Waals surface area contributed by atoms with Crippen LogP contribution in [0, 0.1) is 0 Å². The first-order valence-electron chi connectivity index (χ1n) is 12.2. The number of H-pyrrole nitrogens is 2. The fourth-order valence-electron chi connectivity index (χ4n) is 6.05. The van der Waals surface area contributed by atoms with Crippen LogP contribution in [0.15, 0.2) is 109 Å². The minimum absolute atomic E-state index is 0.254. The Morgan fingerprint density at radius 1 is 0.588 bits per heavy atom. The fraction of sp³-hybridized carbons (Fsp3) is 0.125. The van der Waals surface area contributed by atoms with E-state index < -0.39 is 0 Å². The molecular weight excluding hydrogens is 412 g/mol. The van der Waals surface area contributed by atoms with Gasteiger partial charge < -0.3 is 9.97 Å². The molecule has 0 saturated carbocycles. The minimum Gasteiger partial charge on any atom is -0.358 e. The zero-order valence-electron chi connectivity index (χ0n) is 19.0. The first kappa shape index (κ1) is 19.4. The zero-order chi connectivity index (χ0) is 22.5. The molecule has 0 spiro atoms. The Hall–Kier alpha value is -4.04. The molecule has 2 aromatic heterocycles. The number of nitrogens with one attached hydrogen (secondary N) is 2. The molecule has 2 heterocycles. The van der Waals surface area contributed by atoms with Gasteiger partial charge in [-0.25, -0.2) is 0 Å². The molecule has 4 aromatic carbocycles. The van der Waals surface area contributed by atoms with Gasteiger partial charge in [-0.3, -0.25) is 0 Å². The summed E-state index contributed by atoms with van der Waals surface area (Å²) in [4.78, 5) is 7.76. The third-order valence-corrected chi connectivity index (χ3v) is 7.56. The van der Waals surface area contributed by atoms with Crippen LogP contribution in [0.5, 0.6) is 0 Å². The summed E-state index contributed by atoms with van der Waals surface area (Å²) in [5.74, 6) is 0.534. The molecule has 0 fully saturated rings. The molecule has 2 atom stereocenters. The number of para-hydroxylation sites is 2. The molecule has 6 aromatic rings. The van der Waals surface area contributed by atoms with E-state index in [0.29, 0.717) is 0 Å². The summed E-state index contributed by atoms with van der Waals surface area (Å²) >= 11 is 0. The van der Waals surface area contributed by atoms with E-state index in [1.54, 1.807) is 0 Å². The largest absolute Gasteiger partial charge is 0.358 e. The van der Waals surface area contributed by atoms with E-state index in [1.165, 1.54) is 55.4 Å². The van der Waals surface area contributed by atoms with Crippen molar-refractivity contribution in [2.45, 2.75) is 24.7 Å². The van der Waals surface area contributed by atoms with Gasteiger partial charge in [-0.15, -0.1) is 0 Å². The predicted molar refractivity (Wildman–Crippen MR) is 141 cm³/mol. The molecule has 0 saturated heterocycles. The summed E-state index contributed by atoms with van der Waals surface area (Å²) in [5.41, 5.74) is 10.8. The van der Waals surface area contributed by atoms with Crippen molar-refractivity contribution in [2.75, 3.05) is 0 Å². The lowest BCUT2D eigenvalue weighted by atomic mass is 9.85. The molecule has 2 nitrogen and oxygen atoms in total. The van der Waals surface area contributed by atoms with Crippen LogP contribution in [0.3, 0.4) is 0 Å². The Balaban J connectivity index is 1.55. The average molecular weight is 439 g/mol. The summed E-state index contributed by atoms with van der Waals surface area (Å²) in [5, 5.41) is 2.69. The van der Waals surface area contributed by atoms with Crippen molar-refractivity contribution in [3.8, 4) is 0 Å². The molecule has 2 heteroatoms. The summed E-state index contributed by atoms with van der Waals surface area (Å²) < 4.78 is 0. The van der Waals surface area contributed by atoms with Gasteiger partial charge in [0.25, 0.3) is 0 Å². The number of aromatic amines is 2. The zero-order valence-corrected chi connectivity index (χ0v) is 19.0. The molecule has 164 valence electrons. The maximum atomic E-state index is 3.88. The lowest BCUT2D eigenvalue weighted by Crippen LogP contribution is -2.08. The Morgan fingerprint density at radius 3 is 1.94 bits per heavy atom. The molecule has 1 aliphatic rings. The first-order chi connectivity index (χ1) is 16.9. The highest BCUT2D eigenvalue weighted by Crippen LogP contribution is 2.47. The number of rotatable bonds is 3. The summed E-state index contributed by atoms with van der Waals surface area (Å²) in [6, 6.07) is 39.6.